The Hall–Kier alpha value is -2.86. The predicted octanol–water partition coefficient (Wildman–Crippen LogP) is 5.15. The van der Waals surface area contributed by atoms with E-state index in [1.54, 1.807) is 25.6 Å². The highest BCUT2D eigenvalue weighted by atomic mass is 32.1. The van der Waals surface area contributed by atoms with Gasteiger partial charge in [-0.25, -0.2) is 9.99 Å². The van der Waals surface area contributed by atoms with Crippen LogP contribution in [0.1, 0.15) is 24.9 Å². The fraction of sp³-hybridized carbons (Fsp3) is 0.238. The molecule has 0 unspecified atom stereocenters. The van der Waals surface area contributed by atoms with Crippen LogP contribution in [-0.2, 0) is 0 Å². The van der Waals surface area contributed by atoms with Gasteiger partial charge in [0.25, 0.3) is 0 Å². The SMILES string of the molecule is COc1cccc([C@H]2CC(C)=NN2c2nc(-c3ccccc3)cs2)c1OC. The standard InChI is InChI=1S/C21H21N3O2S/c1-14-12-18(16-10-7-11-19(25-2)20(16)26-3)24(23-14)21-22-17(13-27-21)15-8-5-4-6-9-15/h4-11,13,18H,12H2,1-3H3/t18-/m1/s1. The lowest BCUT2D eigenvalue weighted by Crippen LogP contribution is -2.19. The van der Waals surface area contributed by atoms with Crippen LogP contribution >= 0.6 is 11.3 Å². The molecule has 3 aromatic rings. The van der Waals surface area contributed by atoms with E-state index in [2.05, 4.69) is 23.6 Å². The first kappa shape index (κ1) is 17.5. The minimum Gasteiger partial charge on any atom is -0.493 e. The lowest BCUT2D eigenvalue weighted by molar-refractivity contribution is 0.349. The van der Waals surface area contributed by atoms with Crippen LogP contribution in [0.3, 0.4) is 0 Å². The smallest absolute Gasteiger partial charge is 0.207 e. The summed E-state index contributed by atoms with van der Waals surface area (Å²) in [7, 11) is 3.33. The van der Waals surface area contributed by atoms with Crippen molar-refractivity contribution in [3.8, 4) is 22.8 Å². The number of hydrogen-bond acceptors (Lipinski definition) is 6. The van der Waals surface area contributed by atoms with Crippen LogP contribution in [0.15, 0.2) is 59.0 Å². The predicted molar refractivity (Wildman–Crippen MR) is 110 cm³/mol. The second-order valence-corrected chi connectivity index (χ2v) is 7.20. The van der Waals surface area contributed by atoms with Crippen molar-refractivity contribution in [3.05, 3.63) is 59.5 Å². The first-order valence-corrected chi connectivity index (χ1v) is 9.64. The van der Waals surface area contributed by atoms with Gasteiger partial charge >= 0.3 is 0 Å². The summed E-state index contributed by atoms with van der Waals surface area (Å²) in [5.74, 6) is 1.48. The summed E-state index contributed by atoms with van der Waals surface area (Å²) in [5.41, 5.74) is 4.19. The maximum atomic E-state index is 5.65. The molecule has 138 valence electrons. The van der Waals surface area contributed by atoms with Crippen molar-refractivity contribution in [2.45, 2.75) is 19.4 Å². The molecule has 6 heteroatoms. The van der Waals surface area contributed by atoms with Crippen LogP contribution in [0.4, 0.5) is 5.13 Å². The Morgan fingerprint density at radius 1 is 1.04 bits per heavy atom. The zero-order valence-electron chi connectivity index (χ0n) is 15.5. The highest BCUT2D eigenvalue weighted by molar-refractivity contribution is 7.14. The van der Waals surface area contributed by atoms with Gasteiger partial charge in [-0.2, -0.15) is 5.10 Å². The van der Waals surface area contributed by atoms with Crippen LogP contribution in [0.2, 0.25) is 0 Å². The van der Waals surface area contributed by atoms with Gasteiger partial charge in [0.2, 0.25) is 5.13 Å². The molecule has 0 N–H and O–H groups in total. The minimum absolute atomic E-state index is 0.0322. The Bertz CT molecular complexity index is 969. The highest BCUT2D eigenvalue weighted by Crippen LogP contribution is 2.43. The van der Waals surface area contributed by atoms with Gasteiger partial charge in [0, 0.05) is 28.6 Å². The highest BCUT2D eigenvalue weighted by Gasteiger charge is 2.32. The minimum atomic E-state index is 0.0322. The second kappa shape index (κ2) is 7.40. The third-order valence-corrected chi connectivity index (χ3v) is 5.44. The first-order chi connectivity index (χ1) is 13.2. The van der Waals surface area contributed by atoms with Crippen molar-refractivity contribution in [2.75, 3.05) is 19.2 Å². The number of hydrogen-bond donors (Lipinski definition) is 0. The van der Waals surface area contributed by atoms with Crippen LogP contribution in [-0.4, -0.2) is 24.9 Å². The van der Waals surface area contributed by atoms with Crippen LogP contribution in [0, 0.1) is 0 Å². The van der Waals surface area contributed by atoms with E-state index >= 15 is 0 Å². The van der Waals surface area contributed by atoms with Gasteiger partial charge in [-0.1, -0.05) is 42.5 Å². The first-order valence-electron chi connectivity index (χ1n) is 8.76. The Kier molecular flexibility index (Phi) is 4.81. The van der Waals surface area contributed by atoms with Gasteiger partial charge in [-0.3, -0.25) is 0 Å². The summed E-state index contributed by atoms with van der Waals surface area (Å²) in [4.78, 5) is 4.84. The second-order valence-electron chi connectivity index (χ2n) is 6.36. The van der Waals surface area contributed by atoms with Crippen LogP contribution < -0.4 is 14.5 Å². The molecule has 0 saturated carbocycles. The van der Waals surface area contributed by atoms with E-state index in [0.29, 0.717) is 0 Å². The maximum Gasteiger partial charge on any atom is 0.207 e. The Morgan fingerprint density at radius 2 is 1.85 bits per heavy atom. The summed E-state index contributed by atoms with van der Waals surface area (Å²) < 4.78 is 11.1. The molecule has 0 amide bonds. The zero-order valence-corrected chi connectivity index (χ0v) is 16.4. The van der Waals surface area contributed by atoms with Crippen molar-refractivity contribution >= 4 is 22.2 Å². The molecule has 0 saturated heterocycles. The fourth-order valence-corrected chi connectivity index (χ4v) is 4.20. The molecular weight excluding hydrogens is 358 g/mol. The number of methoxy groups -OCH3 is 2. The Morgan fingerprint density at radius 3 is 2.59 bits per heavy atom. The Balaban J connectivity index is 1.72. The van der Waals surface area contributed by atoms with Crippen molar-refractivity contribution < 1.29 is 9.47 Å². The molecular formula is C21H21N3O2S. The summed E-state index contributed by atoms with van der Waals surface area (Å²) >= 11 is 1.60. The lowest BCUT2D eigenvalue weighted by Gasteiger charge is -2.24. The number of rotatable bonds is 5. The van der Waals surface area contributed by atoms with E-state index in [0.717, 1.165) is 45.6 Å². The van der Waals surface area contributed by atoms with E-state index < -0.39 is 0 Å². The summed E-state index contributed by atoms with van der Waals surface area (Å²) in [6.45, 7) is 2.05. The number of benzene rings is 2. The molecule has 1 aromatic heterocycles. The molecule has 2 aromatic carbocycles. The fourth-order valence-electron chi connectivity index (χ4n) is 3.36. The van der Waals surface area contributed by atoms with E-state index in [4.69, 9.17) is 19.6 Å². The number of anilines is 1. The molecule has 1 atom stereocenters. The number of thiazole rings is 1. The largest absolute Gasteiger partial charge is 0.493 e. The maximum absolute atomic E-state index is 5.65. The number of ether oxygens (including phenoxy) is 2. The summed E-state index contributed by atoms with van der Waals surface area (Å²) in [5, 5.41) is 9.71. The third kappa shape index (κ3) is 3.28. The van der Waals surface area contributed by atoms with E-state index in [1.807, 2.05) is 42.3 Å². The van der Waals surface area contributed by atoms with E-state index in [1.165, 1.54) is 0 Å². The lowest BCUT2D eigenvalue weighted by atomic mass is 10.0. The van der Waals surface area contributed by atoms with Gasteiger partial charge in [-0.05, 0) is 13.0 Å². The molecule has 5 nitrogen and oxygen atoms in total. The zero-order chi connectivity index (χ0) is 18.8. The summed E-state index contributed by atoms with van der Waals surface area (Å²) in [6.07, 6.45) is 0.823. The van der Waals surface area contributed by atoms with Gasteiger partial charge in [0.1, 0.15) is 0 Å². The quantitative estimate of drug-likeness (QED) is 0.615. The normalized spacial score (nSPS) is 16.3. The van der Waals surface area contributed by atoms with Crippen LogP contribution in [0.25, 0.3) is 11.3 Å². The van der Waals surface area contributed by atoms with Gasteiger partial charge in [0.05, 0.1) is 26.0 Å². The van der Waals surface area contributed by atoms with Gasteiger partial charge in [0.15, 0.2) is 11.5 Å². The van der Waals surface area contributed by atoms with Crippen molar-refractivity contribution in [3.63, 3.8) is 0 Å². The molecule has 1 aliphatic heterocycles. The molecule has 2 heterocycles. The monoisotopic (exact) mass is 379 g/mol. The number of nitrogens with zero attached hydrogens (tertiary/aromatic N) is 3. The molecule has 0 radical (unpaired) electrons. The van der Waals surface area contributed by atoms with Crippen molar-refractivity contribution in [2.24, 2.45) is 5.10 Å². The van der Waals surface area contributed by atoms with Gasteiger partial charge < -0.3 is 9.47 Å². The molecule has 0 spiro atoms. The van der Waals surface area contributed by atoms with E-state index in [-0.39, 0.29) is 6.04 Å². The van der Waals surface area contributed by atoms with Crippen molar-refractivity contribution in [1.82, 2.24) is 4.98 Å². The average Bonchev–Trinajstić information content (AvgIpc) is 3.34. The van der Waals surface area contributed by atoms with Crippen molar-refractivity contribution in [1.29, 1.82) is 0 Å². The van der Waals surface area contributed by atoms with Crippen LogP contribution in [0.5, 0.6) is 11.5 Å². The van der Waals surface area contributed by atoms with Gasteiger partial charge in [-0.15, -0.1) is 11.3 Å². The molecule has 0 bridgehead atoms. The Labute approximate surface area is 162 Å². The number of hydrazone groups is 1. The topological polar surface area (TPSA) is 47.0 Å². The molecule has 0 aliphatic carbocycles. The average molecular weight is 379 g/mol. The summed E-state index contributed by atoms with van der Waals surface area (Å²) in [6, 6.07) is 16.2. The molecule has 1 aliphatic rings. The van der Waals surface area contributed by atoms with E-state index in [9.17, 15) is 0 Å². The number of para-hydroxylation sites is 1. The number of aromatic nitrogens is 1. The molecule has 4 rings (SSSR count). The third-order valence-electron chi connectivity index (χ3n) is 4.61. The molecule has 27 heavy (non-hydrogen) atoms. The molecule has 0 fully saturated rings.